The van der Waals surface area contributed by atoms with Gasteiger partial charge in [0.25, 0.3) is 0 Å². The van der Waals surface area contributed by atoms with Crippen LogP contribution in [0.4, 0.5) is 0 Å². The van der Waals surface area contributed by atoms with Crippen LogP contribution in [0.1, 0.15) is 23.2 Å². The molecular weight excluding hydrogens is 402 g/mol. The smallest absolute Gasteiger partial charge is 0.347 e. The Balaban J connectivity index is 1.72. The highest BCUT2D eigenvalue weighted by Crippen LogP contribution is 2.44. The Labute approximate surface area is 183 Å². The van der Waals surface area contributed by atoms with E-state index >= 15 is 0 Å². The summed E-state index contributed by atoms with van der Waals surface area (Å²) in [6.07, 6.45) is 3.18. The second-order valence-electron chi connectivity index (χ2n) is 8.41. The fraction of sp³-hybridized carbons (Fsp3) is 0.192. The summed E-state index contributed by atoms with van der Waals surface area (Å²) < 4.78 is 9.31. The summed E-state index contributed by atoms with van der Waals surface area (Å²) in [6.45, 7) is 0.702. The summed E-state index contributed by atoms with van der Waals surface area (Å²) in [7, 11) is 1.92. The number of carbonyl (C=O) groups is 2. The highest BCUT2D eigenvalue weighted by molar-refractivity contribution is 6.47. The number of benzene rings is 2. The standard InChI is InChI=1S/C26H19N3O3/c1-28-14-18(16-6-2-4-8-19(16)28)23-24(26(31)32-25(23)30)22-17-7-3-5-9-20(17)29-11-10-15(13-27)12-21(22)29/h2-9,14-15H,10-12H2,1H3. The van der Waals surface area contributed by atoms with Crippen molar-refractivity contribution >= 4 is 44.9 Å². The van der Waals surface area contributed by atoms with Gasteiger partial charge in [0.2, 0.25) is 0 Å². The first-order chi connectivity index (χ1) is 15.6. The fourth-order valence-corrected chi connectivity index (χ4v) is 5.24. The fourth-order valence-electron chi connectivity index (χ4n) is 5.24. The van der Waals surface area contributed by atoms with Crippen molar-refractivity contribution in [3.8, 4) is 6.07 Å². The van der Waals surface area contributed by atoms with E-state index in [0.29, 0.717) is 29.7 Å². The SMILES string of the molecule is Cn1cc(C2=C(c3c4n(c5ccccc35)CCC(C#N)C4)C(=O)OC2=O)c2ccccc21. The molecule has 0 fully saturated rings. The lowest BCUT2D eigenvalue weighted by Crippen LogP contribution is -2.19. The van der Waals surface area contributed by atoms with Gasteiger partial charge in [-0.15, -0.1) is 0 Å². The van der Waals surface area contributed by atoms with Crippen LogP contribution in [0, 0.1) is 17.2 Å². The summed E-state index contributed by atoms with van der Waals surface area (Å²) in [4.78, 5) is 26.1. The van der Waals surface area contributed by atoms with E-state index in [0.717, 1.165) is 39.5 Å². The van der Waals surface area contributed by atoms with Gasteiger partial charge in [-0.1, -0.05) is 36.4 Å². The molecule has 6 heteroatoms. The van der Waals surface area contributed by atoms with Crippen molar-refractivity contribution < 1.29 is 14.3 Å². The molecule has 0 N–H and O–H groups in total. The van der Waals surface area contributed by atoms with Gasteiger partial charge in [0.1, 0.15) is 0 Å². The first-order valence-electron chi connectivity index (χ1n) is 10.6. The number of nitrogens with zero attached hydrogens (tertiary/aromatic N) is 3. The Morgan fingerprint density at radius 3 is 2.44 bits per heavy atom. The molecule has 0 saturated carbocycles. The Bertz CT molecular complexity index is 1540. The lowest BCUT2D eigenvalue weighted by atomic mass is 9.90. The van der Waals surface area contributed by atoms with Crippen LogP contribution in [-0.2, 0) is 34.3 Å². The summed E-state index contributed by atoms with van der Waals surface area (Å²) in [5.41, 5.74) is 4.90. The average Bonchev–Trinajstić information content (AvgIpc) is 3.41. The maximum absolute atomic E-state index is 13.1. The van der Waals surface area contributed by atoms with Crippen LogP contribution in [0.15, 0.2) is 54.7 Å². The van der Waals surface area contributed by atoms with Gasteiger partial charge in [0.05, 0.1) is 23.1 Å². The molecule has 1 unspecified atom stereocenters. The molecule has 0 spiro atoms. The molecule has 32 heavy (non-hydrogen) atoms. The number of aromatic nitrogens is 2. The molecule has 0 amide bonds. The van der Waals surface area contributed by atoms with E-state index in [-0.39, 0.29) is 5.92 Å². The number of hydrogen-bond acceptors (Lipinski definition) is 4. The predicted octanol–water partition coefficient (Wildman–Crippen LogP) is 4.21. The number of aryl methyl sites for hydroxylation is 2. The van der Waals surface area contributed by atoms with E-state index in [2.05, 4.69) is 10.6 Å². The van der Waals surface area contributed by atoms with Crippen molar-refractivity contribution in [1.29, 1.82) is 5.26 Å². The van der Waals surface area contributed by atoms with Crippen molar-refractivity contribution in [2.24, 2.45) is 13.0 Å². The molecule has 2 aromatic carbocycles. The summed E-state index contributed by atoms with van der Waals surface area (Å²) >= 11 is 0. The number of fused-ring (bicyclic) bond motifs is 4. The van der Waals surface area contributed by atoms with Gasteiger partial charge in [0, 0.05) is 64.8 Å². The highest BCUT2D eigenvalue weighted by atomic mass is 16.6. The van der Waals surface area contributed by atoms with Gasteiger partial charge in [-0.2, -0.15) is 5.26 Å². The third kappa shape index (κ3) is 2.45. The van der Waals surface area contributed by atoms with Crippen molar-refractivity contribution in [1.82, 2.24) is 9.13 Å². The van der Waals surface area contributed by atoms with Crippen LogP contribution in [0.25, 0.3) is 33.0 Å². The maximum atomic E-state index is 13.1. The van der Waals surface area contributed by atoms with Gasteiger partial charge < -0.3 is 13.9 Å². The van der Waals surface area contributed by atoms with E-state index in [1.807, 2.05) is 66.3 Å². The molecule has 4 heterocycles. The van der Waals surface area contributed by atoms with Crippen molar-refractivity contribution in [2.45, 2.75) is 19.4 Å². The molecule has 6 rings (SSSR count). The van der Waals surface area contributed by atoms with Gasteiger partial charge in [-0.3, -0.25) is 0 Å². The second-order valence-corrected chi connectivity index (χ2v) is 8.41. The molecule has 6 nitrogen and oxygen atoms in total. The van der Waals surface area contributed by atoms with Crippen LogP contribution >= 0.6 is 0 Å². The first kappa shape index (κ1) is 18.6. The van der Waals surface area contributed by atoms with Crippen LogP contribution in [-0.4, -0.2) is 21.1 Å². The number of para-hydroxylation sites is 2. The van der Waals surface area contributed by atoms with Crippen LogP contribution < -0.4 is 0 Å². The van der Waals surface area contributed by atoms with E-state index in [1.54, 1.807) is 0 Å². The molecule has 0 aliphatic carbocycles. The monoisotopic (exact) mass is 421 g/mol. The number of rotatable bonds is 2. The molecule has 0 radical (unpaired) electrons. The third-order valence-corrected chi connectivity index (χ3v) is 6.66. The third-order valence-electron chi connectivity index (χ3n) is 6.66. The maximum Gasteiger partial charge on any atom is 0.347 e. The van der Waals surface area contributed by atoms with E-state index in [4.69, 9.17) is 4.74 Å². The van der Waals surface area contributed by atoms with Crippen LogP contribution in [0.2, 0.25) is 0 Å². The van der Waals surface area contributed by atoms with Crippen LogP contribution in [0.3, 0.4) is 0 Å². The van der Waals surface area contributed by atoms with Crippen molar-refractivity contribution in [2.75, 3.05) is 0 Å². The molecule has 4 aromatic rings. The van der Waals surface area contributed by atoms with Gasteiger partial charge in [-0.05, 0) is 18.6 Å². The number of nitriles is 1. The molecular formula is C26H19N3O3. The number of esters is 2. The van der Waals surface area contributed by atoms with E-state index < -0.39 is 11.9 Å². The minimum Gasteiger partial charge on any atom is -0.386 e. The lowest BCUT2D eigenvalue weighted by molar-refractivity contribution is -0.149. The zero-order valence-corrected chi connectivity index (χ0v) is 17.5. The molecule has 0 saturated heterocycles. The van der Waals surface area contributed by atoms with Crippen molar-refractivity contribution in [3.05, 3.63) is 71.5 Å². The number of hydrogen-bond donors (Lipinski definition) is 0. The van der Waals surface area contributed by atoms with Gasteiger partial charge >= 0.3 is 11.9 Å². The number of cyclic esters (lactones) is 2. The van der Waals surface area contributed by atoms with E-state index in [1.165, 1.54) is 0 Å². The summed E-state index contributed by atoms with van der Waals surface area (Å²) in [6, 6.07) is 18.1. The minimum atomic E-state index is -0.629. The molecule has 2 aromatic heterocycles. The molecule has 156 valence electrons. The molecule has 2 aliphatic rings. The zero-order chi connectivity index (χ0) is 22.0. The highest BCUT2D eigenvalue weighted by Gasteiger charge is 2.40. The average molecular weight is 421 g/mol. The van der Waals surface area contributed by atoms with Gasteiger partial charge in [0.15, 0.2) is 0 Å². The topological polar surface area (TPSA) is 77.0 Å². The summed E-state index contributed by atoms with van der Waals surface area (Å²) in [5, 5.41) is 11.4. The van der Waals surface area contributed by atoms with Crippen molar-refractivity contribution in [3.63, 3.8) is 0 Å². The zero-order valence-electron chi connectivity index (χ0n) is 17.5. The van der Waals surface area contributed by atoms with E-state index in [9.17, 15) is 14.9 Å². The quantitative estimate of drug-likeness (QED) is 0.359. The van der Waals surface area contributed by atoms with Gasteiger partial charge in [-0.25, -0.2) is 9.59 Å². The lowest BCUT2D eigenvalue weighted by Gasteiger charge is -2.21. The molecule has 1 atom stereocenters. The Hall–Kier alpha value is -4.11. The molecule has 0 bridgehead atoms. The predicted molar refractivity (Wildman–Crippen MR) is 120 cm³/mol. The summed E-state index contributed by atoms with van der Waals surface area (Å²) in [5.74, 6) is -1.38. The first-order valence-corrected chi connectivity index (χ1v) is 10.6. The number of carbonyl (C=O) groups excluding carboxylic acids is 2. The molecule has 2 aliphatic heterocycles. The normalized spacial score (nSPS) is 18.3. The number of ether oxygens (including phenoxy) is 1. The second kappa shape index (κ2) is 6.69. The largest absolute Gasteiger partial charge is 0.386 e. The minimum absolute atomic E-state index is 0.125. The Morgan fingerprint density at radius 2 is 1.66 bits per heavy atom. The Kier molecular flexibility index (Phi) is 3.90. The van der Waals surface area contributed by atoms with Crippen LogP contribution in [0.5, 0.6) is 0 Å². The Morgan fingerprint density at radius 1 is 0.969 bits per heavy atom.